The van der Waals surface area contributed by atoms with E-state index in [1.807, 2.05) is 12.1 Å². The van der Waals surface area contributed by atoms with Crippen LogP contribution >= 0.6 is 0 Å². The first-order valence-corrected chi connectivity index (χ1v) is 7.05. The topological polar surface area (TPSA) is 81.4 Å². The molecule has 19 heavy (non-hydrogen) atoms. The molecule has 0 atom stereocenters. The van der Waals surface area contributed by atoms with Crippen LogP contribution < -0.4 is 9.46 Å². The lowest BCUT2D eigenvalue weighted by Gasteiger charge is -2.09. The van der Waals surface area contributed by atoms with Gasteiger partial charge < -0.3 is 9.26 Å². The van der Waals surface area contributed by atoms with Crippen molar-refractivity contribution in [3.8, 4) is 5.75 Å². The summed E-state index contributed by atoms with van der Waals surface area (Å²) in [5.74, 6) is 0.632. The lowest BCUT2D eigenvalue weighted by Crippen LogP contribution is -2.23. The first-order valence-electron chi connectivity index (χ1n) is 5.57. The number of rotatable bonds is 5. The van der Waals surface area contributed by atoms with Crippen LogP contribution in [0.1, 0.15) is 11.3 Å². The van der Waals surface area contributed by atoms with E-state index in [0.29, 0.717) is 11.4 Å². The molecular formula is C12H14N2O4S. The Hall–Kier alpha value is -1.86. The Morgan fingerprint density at radius 3 is 2.74 bits per heavy atom. The fourth-order valence-corrected chi connectivity index (χ4v) is 2.74. The van der Waals surface area contributed by atoms with E-state index in [1.54, 1.807) is 19.1 Å². The lowest BCUT2D eigenvalue weighted by molar-refractivity contribution is 0.409. The van der Waals surface area contributed by atoms with Crippen molar-refractivity contribution in [3.63, 3.8) is 0 Å². The van der Waals surface area contributed by atoms with E-state index in [-0.39, 0.29) is 11.4 Å². The largest absolute Gasteiger partial charge is 0.496 e. The lowest BCUT2D eigenvalue weighted by atomic mass is 10.2. The number of nitrogens with one attached hydrogen (secondary N) is 1. The van der Waals surface area contributed by atoms with E-state index in [1.165, 1.54) is 7.11 Å². The van der Waals surface area contributed by atoms with Gasteiger partial charge in [0.15, 0.2) is 0 Å². The third kappa shape index (κ3) is 2.94. The molecule has 0 spiro atoms. The second-order valence-corrected chi connectivity index (χ2v) is 5.64. The Labute approximate surface area is 111 Å². The second kappa shape index (κ2) is 5.41. The molecule has 1 N–H and O–H groups in total. The predicted molar refractivity (Wildman–Crippen MR) is 68.3 cm³/mol. The summed E-state index contributed by atoms with van der Waals surface area (Å²) >= 11 is 0. The first-order chi connectivity index (χ1) is 9.04. The average Bonchev–Trinajstić information content (AvgIpc) is 2.84. The highest BCUT2D eigenvalue weighted by Crippen LogP contribution is 2.18. The van der Waals surface area contributed by atoms with Gasteiger partial charge in [-0.1, -0.05) is 23.4 Å². The van der Waals surface area contributed by atoms with Gasteiger partial charge in [0.25, 0.3) is 0 Å². The molecule has 0 bridgehead atoms. The van der Waals surface area contributed by atoms with Crippen LogP contribution in [0, 0.1) is 6.92 Å². The summed E-state index contributed by atoms with van der Waals surface area (Å²) in [6, 6.07) is 7.20. The van der Waals surface area contributed by atoms with Gasteiger partial charge in [0.05, 0.1) is 7.11 Å². The van der Waals surface area contributed by atoms with Crippen molar-refractivity contribution in [1.29, 1.82) is 0 Å². The normalized spacial score (nSPS) is 11.5. The fraction of sp³-hybridized carbons (Fsp3) is 0.250. The van der Waals surface area contributed by atoms with Crippen molar-refractivity contribution in [2.75, 3.05) is 7.11 Å². The molecule has 2 aromatic rings. The average molecular weight is 282 g/mol. The van der Waals surface area contributed by atoms with Crippen molar-refractivity contribution >= 4 is 10.0 Å². The van der Waals surface area contributed by atoms with Crippen molar-refractivity contribution < 1.29 is 17.7 Å². The molecule has 102 valence electrons. The molecule has 7 heteroatoms. The predicted octanol–water partition coefficient (Wildman–Crippen LogP) is 1.47. The van der Waals surface area contributed by atoms with Crippen molar-refractivity contribution in [2.24, 2.45) is 0 Å². The zero-order chi connectivity index (χ0) is 13.9. The Morgan fingerprint density at radius 1 is 1.37 bits per heavy atom. The van der Waals surface area contributed by atoms with Crippen molar-refractivity contribution in [1.82, 2.24) is 9.88 Å². The summed E-state index contributed by atoms with van der Waals surface area (Å²) in [6.07, 6.45) is 1.11. The summed E-state index contributed by atoms with van der Waals surface area (Å²) in [7, 11) is -2.09. The van der Waals surface area contributed by atoms with Crippen LogP contribution in [0.2, 0.25) is 0 Å². The number of methoxy groups -OCH3 is 1. The van der Waals surface area contributed by atoms with Crippen LogP contribution in [0.4, 0.5) is 0 Å². The molecule has 0 fully saturated rings. The third-order valence-electron chi connectivity index (χ3n) is 2.64. The summed E-state index contributed by atoms with van der Waals surface area (Å²) in [6.45, 7) is 1.71. The maximum absolute atomic E-state index is 12.0. The van der Waals surface area contributed by atoms with Crippen LogP contribution in [0.5, 0.6) is 5.75 Å². The van der Waals surface area contributed by atoms with Gasteiger partial charge in [-0.15, -0.1) is 0 Å². The van der Waals surface area contributed by atoms with E-state index < -0.39 is 10.0 Å². The summed E-state index contributed by atoms with van der Waals surface area (Å²) < 4.78 is 36.3. The molecule has 2 rings (SSSR count). The molecule has 0 saturated carbocycles. The summed E-state index contributed by atoms with van der Waals surface area (Å²) in [4.78, 5) is 0.0439. The molecule has 0 radical (unpaired) electrons. The van der Waals surface area contributed by atoms with Crippen LogP contribution in [-0.4, -0.2) is 20.7 Å². The van der Waals surface area contributed by atoms with Crippen LogP contribution in [0.3, 0.4) is 0 Å². The minimum atomic E-state index is -3.63. The van der Waals surface area contributed by atoms with E-state index in [0.717, 1.165) is 11.8 Å². The highest BCUT2D eigenvalue weighted by Gasteiger charge is 2.20. The van der Waals surface area contributed by atoms with Gasteiger partial charge in [0.2, 0.25) is 10.0 Å². The van der Waals surface area contributed by atoms with E-state index >= 15 is 0 Å². The van der Waals surface area contributed by atoms with Crippen LogP contribution in [0.15, 0.2) is 39.9 Å². The quantitative estimate of drug-likeness (QED) is 0.898. The molecular weight excluding hydrogens is 268 g/mol. The molecule has 6 nitrogen and oxygen atoms in total. The first kappa shape index (κ1) is 13.6. The summed E-state index contributed by atoms with van der Waals surface area (Å²) in [5.41, 5.74) is 1.08. The maximum Gasteiger partial charge on any atom is 0.245 e. The molecule has 0 unspecified atom stereocenters. The van der Waals surface area contributed by atoms with E-state index in [4.69, 9.17) is 4.74 Å². The highest BCUT2D eigenvalue weighted by molar-refractivity contribution is 7.89. The Morgan fingerprint density at radius 2 is 2.11 bits per heavy atom. The van der Waals surface area contributed by atoms with Gasteiger partial charge in [-0.25, -0.2) is 13.1 Å². The van der Waals surface area contributed by atoms with Gasteiger partial charge in [-0.05, 0) is 13.0 Å². The van der Waals surface area contributed by atoms with Gasteiger partial charge in [-0.3, -0.25) is 0 Å². The van der Waals surface area contributed by atoms with Crippen LogP contribution in [0.25, 0.3) is 0 Å². The zero-order valence-corrected chi connectivity index (χ0v) is 11.4. The molecule has 0 amide bonds. The third-order valence-corrected chi connectivity index (χ3v) is 4.14. The summed E-state index contributed by atoms with van der Waals surface area (Å²) in [5, 5.41) is 3.55. The number of nitrogens with zero attached hydrogens (tertiary/aromatic N) is 1. The Bertz CT molecular complexity index is 664. The Kier molecular flexibility index (Phi) is 3.87. The molecule has 1 aromatic carbocycles. The maximum atomic E-state index is 12.0. The number of ether oxygens (including phenoxy) is 1. The SMILES string of the molecule is COc1ccccc1CNS(=O)(=O)c1conc1C. The zero-order valence-electron chi connectivity index (χ0n) is 10.6. The number of aryl methyl sites for hydroxylation is 1. The second-order valence-electron chi connectivity index (χ2n) is 3.90. The van der Waals surface area contributed by atoms with Gasteiger partial charge in [0.1, 0.15) is 22.6 Å². The number of aromatic nitrogens is 1. The van der Waals surface area contributed by atoms with E-state index in [9.17, 15) is 8.42 Å². The van der Waals surface area contributed by atoms with E-state index in [2.05, 4.69) is 14.4 Å². The molecule has 1 aromatic heterocycles. The number of benzene rings is 1. The smallest absolute Gasteiger partial charge is 0.245 e. The molecule has 0 aliphatic carbocycles. The number of hydrogen-bond acceptors (Lipinski definition) is 5. The van der Waals surface area contributed by atoms with Gasteiger partial charge >= 0.3 is 0 Å². The Balaban J connectivity index is 2.17. The van der Waals surface area contributed by atoms with Crippen molar-refractivity contribution in [3.05, 3.63) is 41.8 Å². The van der Waals surface area contributed by atoms with Crippen LogP contribution in [-0.2, 0) is 16.6 Å². The molecule has 0 aliphatic rings. The number of hydrogen-bond donors (Lipinski definition) is 1. The minimum Gasteiger partial charge on any atom is -0.496 e. The van der Waals surface area contributed by atoms with Gasteiger partial charge in [0, 0.05) is 12.1 Å². The monoisotopic (exact) mass is 282 g/mol. The molecule has 0 aliphatic heterocycles. The van der Waals surface area contributed by atoms with Crippen molar-refractivity contribution in [2.45, 2.75) is 18.4 Å². The standard InChI is InChI=1S/C12H14N2O4S/c1-9-12(8-18-14-9)19(15,16)13-7-10-5-3-4-6-11(10)17-2/h3-6,8,13H,7H2,1-2H3. The minimum absolute atomic E-state index is 0.0439. The fourth-order valence-electron chi connectivity index (χ4n) is 1.64. The number of para-hydroxylation sites is 1. The number of sulfonamides is 1. The highest BCUT2D eigenvalue weighted by atomic mass is 32.2. The molecule has 0 saturated heterocycles. The molecule has 1 heterocycles. The van der Waals surface area contributed by atoms with Gasteiger partial charge in [-0.2, -0.15) is 0 Å².